The molecule has 1 amide bonds. The Labute approximate surface area is 221 Å². The number of nitriles is 1. The largest absolute Gasteiger partial charge is 0.379 e. The normalized spacial score (nSPS) is 15.7. The molecule has 2 aliphatic rings. The minimum Gasteiger partial charge on any atom is -0.379 e. The van der Waals surface area contributed by atoms with Gasteiger partial charge >= 0.3 is 10.1 Å². The average molecular weight is 527 g/mol. The van der Waals surface area contributed by atoms with E-state index in [-0.39, 0.29) is 28.7 Å². The van der Waals surface area contributed by atoms with Crippen LogP contribution in [-0.2, 0) is 23.2 Å². The van der Waals surface area contributed by atoms with Gasteiger partial charge < -0.3 is 14.5 Å². The number of hydrogen-bond acceptors (Lipinski definition) is 6. The summed E-state index contributed by atoms with van der Waals surface area (Å²) in [5, 5.41) is 13.2. The Hall–Kier alpha value is -4.13. The summed E-state index contributed by atoms with van der Waals surface area (Å²) in [4.78, 5) is 18.5. The number of aromatic amines is 1. The van der Waals surface area contributed by atoms with Crippen molar-refractivity contribution in [2.45, 2.75) is 37.2 Å². The van der Waals surface area contributed by atoms with Crippen LogP contribution in [0.5, 0.6) is 5.75 Å². The highest BCUT2D eigenvalue weighted by atomic mass is 32.2. The van der Waals surface area contributed by atoms with Crippen LogP contribution in [-0.4, -0.2) is 37.3 Å². The zero-order valence-electron chi connectivity index (χ0n) is 20.7. The molecule has 0 radical (unpaired) electrons. The van der Waals surface area contributed by atoms with E-state index in [1.165, 1.54) is 43.0 Å². The summed E-state index contributed by atoms with van der Waals surface area (Å²) in [7, 11) is -4.28. The molecule has 0 spiro atoms. The number of piperidine rings is 1. The molecule has 38 heavy (non-hydrogen) atoms. The van der Waals surface area contributed by atoms with E-state index in [1.54, 1.807) is 18.2 Å². The summed E-state index contributed by atoms with van der Waals surface area (Å²) >= 11 is 0. The number of likely N-dealkylation sites (tertiary alicyclic amines) is 1. The first-order chi connectivity index (χ1) is 18.4. The Bertz CT molecular complexity index is 1710. The second-order valence-electron chi connectivity index (χ2n) is 9.73. The molecule has 0 unspecified atom stereocenters. The zero-order valence-corrected chi connectivity index (χ0v) is 21.5. The number of H-pyrrole nitrogens is 1. The fraction of sp³-hybridized carbons (Fsp3) is 0.241. The molecule has 0 bridgehead atoms. The monoisotopic (exact) mass is 526 g/mol. The second kappa shape index (κ2) is 9.63. The molecule has 4 aromatic rings. The molecule has 3 aromatic carbocycles. The summed E-state index contributed by atoms with van der Waals surface area (Å²) < 4.78 is 31.5. The Morgan fingerprint density at radius 2 is 1.82 bits per heavy atom. The van der Waals surface area contributed by atoms with Crippen molar-refractivity contribution >= 4 is 26.9 Å². The minimum atomic E-state index is -4.28. The summed E-state index contributed by atoms with van der Waals surface area (Å²) in [6, 6.07) is 19.4. The van der Waals surface area contributed by atoms with Crippen LogP contribution >= 0.6 is 0 Å². The zero-order chi connectivity index (χ0) is 26.3. The first kappa shape index (κ1) is 24.2. The van der Waals surface area contributed by atoms with Gasteiger partial charge in [-0.05, 0) is 74.0 Å². The standard InChI is InChI=1S/C29H26N4O4S/c30-16-20-6-2-3-7-27(20)38(35,36)37-26-11-9-22(28-23(26)17-31-29(28)34)25-15-21-14-19(8-10-24(21)32-25)18-33-12-4-1-5-13-33/h2-3,6-11,14-15,32H,1,4-5,12-13,17-18H2,(H,31,34). The van der Waals surface area contributed by atoms with Crippen LogP contribution < -0.4 is 9.50 Å². The number of hydrogen-bond donors (Lipinski definition) is 2. The molecular formula is C29H26N4O4S. The van der Waals surface area contributed by atoms with Crippen molar-refractivity contribution < 1.29 is 17.4 Å². The number of nitrogens with one attached hydrogen (secondary N) is 2. The van der Waals surface area contributed by atoms with Gasteiger partial charge in [0.1, 0.15) is 16.7 Å². The van der Waals surface area contributed by atoms with Gasteiger partial charge in [-0.3, -0.25) is 9.69 Å². The van der Waals surface area contributed by atoms with Crippen LogP contribution in [0.3, 0.4) is 0 Å². The van der Waals surface area contributed by atoms with E-state index in [1.807, 2.05) is 12.1 Å². The van der Waals surface area contributed by atoms with Crippen LogP contribution in [0.4, 0.5) is 0 Å². The van der Waals surface area contributed by atoms with E-state index in [4.69, 9.17) is 4.18 Å². The van der Waals surface area contributed by atoms with Crippen molar-refractivity contribution in [3.8, 4) is 23.1 Å². The lowest BCUT2D eigenvalue weighted by atomic mass is 9.99. The van der Waals surface area contributed by atoms with Gasteiger partial charge in [-0.25, -0.2) is 0 Å². The minimum absolute atomic E-state index is 0.00676. The van der Waals surface area contributed by atoms with E-state index in [0.717, 1.165) is 36.2 Å². The summed E-state index contributed by atoms with van der Waals surface area (Å²) in [5.74, 6) is -0.227. The Morgan fingerprint density at radius 3 is 2.63 bits per heavy atom. The number of benzene rings is 3. The van der Waals surface area contributed by atoms with Gasteiger partial charge in [0.2, 0.25) is 0 Å². The average Bonchev–Trinajstić information content (AvgIpc) is 3.53. The quantitative estimate of drug-likeness (QED) is 0.352. The third-order valence-corrected chi connectivity index (χ3v) is 8.52. The predicted octanol–water partition coefficient (Wildman–Crippen LogP) is 4.70. The van der Waals surface area contributed by atoms with Crippen LogP contribution in [0, 0.1) is 11.3 Å². The molecule has 1 fully saturated rings. The van der Waals surface area contributed by atoms with Gasteiger partial charge in [-0.1, -0.05) is 24.6 Å². The molecule has 1 aromatic heterocycles. The molecular weight excluding hydrogens is 500 g/mol. The predicted molar refractivity (Wildman–Crippen MR) is 143 cm³/mol. The molecule has 0 aliphatic carbocycles. The summed E-state index contributed by atoms with van der Waals surface area (Å²) in [6.45, 7) is 3.32. The topological polar surface area (TPSA) is 115 Å². The van der Waals surface area contributed by atoms with Crippen LogP contribution in [0.1, 0.15) is 46.3 Å². The van der Waals surface area contributed by atoms with Crippen molar-refractivity contribution in [2.24, 2.45) is 0 Å². The molecule has 6 rings (SSSR count). The molecule has 192 valence electrons. The Kier molecular flexibility index (Phi) is 6.14. The van der Waals surface area contributed by atoms with E-state index < -0.39 is 10.1 Å². The number of carbonyl (C=O) groups excluding carboxylic acids is 1. The van der Waals surface area contributed by atoms with Gasteiger partial charge in [0.25, 0.3) is 5.91 Å². The molecule has 0 atom stereocenters. The molecule has 8 nitrogen and oxygen atoms in total. The Balaban J connectivity index is 1.34. The lowest BCUT2D eigenvalue weighted by molar-refractivity contribution is 0.0966. The summed E-state index contributed by atoms with van der Waals surface area (Å²) in [5.41, 5.74) is 4.50. The molecule has 2 aliphatic heterocycles. The maximum Gasteiger partial charge on any atom is 0.340 e. The van der Waals surface area contributed by atoms with Crippen molar-refractivity contribution in [3.05, 3.63) is 82.9 Å². The number of carbonyl (C=O) groups is 1. The van der Waals surface area contributed by atoms with Gasteiger partial charge in [-0.2, -0.15) is 13.7 Å². The SMILES string of the molecule is N#Cc1ccccc1S(=O)(=O)Oc1ccc(-c2cc3cc(CN4CCCCC4)ccc3[nH]2)c2c1CNC2=O. The van der Waals surface area contributed by atoms with E-state index >= 15 is 0 Å². The lowest BCUT2D eigenvalue weighted by Crippen LogP contribution is -2.28. The first-order valence-electron chi connectivity index (χ1n) is 12.6. The third kappa shape index (κ3) is 4.42. The highest BCUT2D eigenvalue weighted by Gasteiger charge is 2.30. The number of rotatable bonds is 6. The number of fused-ring (bicyclic) bond motifs is 2. The third-order valence-electron chi connectivity index (χ3n) is 7.23. The van der Waals surface area contributed by atoms with Gasteiger partial charge in [-0.15, -0.1) is 0 Å². The van der Waals surface area contributed by atoms with Crippen molar-refractivity contribution in [3.63, 3.8) is 0 Å². The highest BCUT2D eigenvalue weighted by Crippen LogP contribution is 2.37. The number of nitrogens with zero attached hydrogens (tertiary/aromatic N) is 2. The first-order valence-corrected chi connectivity index (χ1v) is 14.1. The van der Waals surface area contributed by atoms with Crippen molar-refractivity contribution in [2.75, 3.05) is 13.1 Å². The van der Waals surface area contributed by atoms with E-state index in [0.29, 0.717) is 16.7 Å². The molecule has 0 saturated carbocycles. The van der Waals surface area contributed by atoms with Crippen LogP contribution in [0.25, 0.3) is 22.2 Å². The highest BCUT2D eigenvalue weighted by molar-refractivity contribution is 7.87. The van der Waals surface area contributed by atoms with Crippen LogP contribution in [0.15, 0.2) is 65.6 Å². The Morgan fingerprint density at radius 1 is 1.00 bits per heavy atom. The van der Waals surface area contributed by atoms with Crippen molar-refractivity contribution in [1.29, 1.82) is 5.26 Å². The maximum atomic E-state index is 13.0. The smallest absolute Gasteiger partial charge is 0.340 e. The second-order valence-corrected chi connectivity index (χ2v) is 11.2. The van der Waals surface area contributed by atoms with E-state index in [9.17, 15) is 18.5 Å². The molecule has 3 heterocycles. The molecule has 1 saturated heterocycles. The number of aromatic nitrogens is 1. The van der Waals surface area contributed by atoms with Gasteiger partial charge in [0, 0.05) is 40.8 Å². The van der Waals surface area contributed by atoms with Crippen molar-refractivity contribution in [1.82, 2.24) is 15.2 Å². The number of amides is 1. The lowest BCUT2D eigenvalue weighted by Gasteiger charge is -2.26. The molecule has 2 N–H and O–H groups in total. The van der Waals surface area contributed by atoms with Gasteiger partial charge in [0.15, 0.2) is 0 Å². The van der Waals surface area contributed by atoms with Gasteiger partial charge in [0.05, 0.1) is 11.1 Å². The maximum absolute atomic E-state index is 13.0. The fourth-order valence-electron chi connectivity index (χ4n) is 5.36. The van der Waals surface area contributed by atoms with E-state index in [2.05, 4.69) is 33.4 Å². The summed E-state index contributed by atoms with van der Waals surface area (Å²) in [6.07, 6.45) is 3.79. The molecule has 9 heteroatoms. The fourth-order valence-corrected chi connectivity index (χ4v) is 6.48. The van der Waals surface area contributed by atoms with Crippen LogP contribution in [0.2, 0.25) is 0 Å².